The van der Waals surface area contributed by atoms with Gasteiger partial charge in [-0.05, 0) is 47.9 Å². The van der Waals surface area contributed by atoms with Crippen molar-refractivity contribution in [1.82, 2.24) is 0 Å². The van der Waals surface area contributed by atoms with Gasteiger partial charge in [-0.15, -0.1) is 0 Å². The van der Waals surface area contributed by atoms with Crippen LogP contribution in [-0.4, -0.2) is 5.84 Å². The maximum absolute atomic E-state index is 7.33. The minimum Gasteiger partial charge on any atom is -0.457 e. The van der Waals surface area contributed by atoms with Crippen molar-refractivity contribution < 1.29 is 4.74 Å². The second-order valence-corrected chi connectivity index (χ2v) is 4.76. The molecule has 0 radical (unpaired) electrons. The topological polar surface area (TPSA) is 59.1 Å². The van der Waals surface area contributed by atoms with Crippen molar-refractivity contribution in [3.8, 4) is 11.5 Å². The van der Waals surface area contributed by atoms with Crippen molar-refractivity contribution >= 4 is 5.84 Å². The Balaban J connectivity index is 2.10. The highest BCUT2D eigenvalue weighted by Crippen LogP contribution is 2.24. The molecule has 2 aromatic carbocycles. The van der Waals surface area contributed by atoms with Crippen molar-refractivity contribution in [3.63, 3.8) is 0 Å². The fraction of sp³-hybridized carbons (Fsp3) is 0.188. The first-order valence-corrected chi connectivity index (χ1v) is 6.28. The molecule has 19 heavy (non-hydrogen) atoms. The Morgan fingerprint density at radius 2 is 1.42 bits per heavy atom. The maximum Gasteiger partial charge on any atom is 0.127 e. The molecule has 0 spiro atoms. The van der Waals surface area contributed by atoms with Gasteiger partial charge >= 0.3 is 0 Å². The molecule has 3 heteroatoms. The van der Waals surface area contributed by atoms with Crippen LogP contribution in [0.5, 0.6) is 11.5 Å². The number of rotatable bonds is 4. The first-order chi connectivity index (χ1) is 9.06. The predicted molar refractivity (Wildman–Crippen MR) is 78.1 cm³/mol. The van der Waals surface area contributed by atoms with Gasteiger partial charge in [0.05, 0.1) is 0 Å². The molecular weight excluding hydrogens is 236 g/mol. The molecule has 0 aromatic heterocycles. The van der Waals surface area contributed by atoms with Gasteiger partial charge in [-0.3, -0.25) is 5.41 Å². The molecule has 98 valence electrons. The normalized spacial score (nSPS) is 10.5. The third kappa shape index (κ3) is 3.35. The fourth-order valence-corrected chi connectivity index (χ4v) is 1.76. The number of benzene rings is 2. The minimum atomic E-state index is 0.0628. The van der Waals surface area contributed by atoms with Crippen LogP contribution >= 0.6 is 0 Å². The highest BCUT2D eigenvalue weighted by atomic mass is 16.5. The molecule has 2 rings (SSSR count). The highest BCUT2D eigenvalue weighted by Gasteiger charge is 2.01. The van der Waals surface area contributed by atoms with E-state index in [1.165, 1.54) is 5.56 Å². The summed E-state index contributed by atoms with van der Waals surface area (Å²) in [6.45, 7) is 4.33. The largest absolute Gasteiger partial charge is 0.457 e. The molecule has 0 saturated heterocycles. The molecule has 0 unspecified atom stereocenters. The van der Waals surface area contributed by atoms with Crippen LogP contribution in [0.3, 0.4) is 0 Å². The lowest BCUT2D eigenvalue weighted by Gasteiger charge is -2.09. The van der Waals surface area contributed by atoms with Gasteiger partial charge in [0.1, 0.15) is 17.3 Å². The summed E-state index contributed by atoms with van der Waals surface area (Å²) >= 11 is 0. The third-order valence-corrected chi connectivity index (χ3v) is 2.95. The molecule has 0 saturated carbocycles. The number of hydrogen-bond acceptors (Lipinski definition) is 2. The third-order valence-electron chi connectivity index (χ3n) is 2.95. The Labute approximate surface area is 113 Å². The number of nitrogen functional groups attached to an aromatic ring is 1. The van der Waals surface area contributed by atoms with Crippen molar-refractivity contribution in [1.29, 1.82) is 5.41 Å². The van der Waals surface area contributed by atoms with Gasteiger partial charge in [-0.2, -0.15) is 0 Å². The van der Waals surface area contributed by atoms with E-state index in [1.54, 1.807) is 12.1 Å². The summed E-state index contributed by atoms with van der Waals surface area (Å²) in [5, 5.41) is 7.33. The van der Waals surface area contributed by atoms with Crippen molar-refractivity contribution in [2.24, 2.45) is 5.73 Å². The highest BCUT2D eigenvalue weighted by molar-refractivity contribution is 5.94. The molecule has 0 aliphatic carbocycles. The predicted octanol–water partition coefficient (Wildman–Crippen LogP) is 3.89. The monoisotopic (exact) mass is 254 g/mol. The van der Waals surface area contributed by atoms with Crippen LogP contribution in [-0.2, 0) is 0 Å². The second kappa shape index (κ2) is 5.57. The van der Waals surface area contributed by atoms with Gasteiger partial charge in [0.2, 0.25) is 0 Å². The molecule has 0 aliphatic heterocycles. The van der Waals surface area contributed by atoms with E-state index < -0.39 is 0 Å². The van der Waals surface area contributed by atoms with E-state index in [9.17, 15) is 0 Å². The summed E-state index contributed by atoms with van der Waals surface area (Å²) < 4.78 is 5.74. The Morgan fingerprint density at radius 3 is 1.84 bits per heavy atom. The molecule has 0 heterocycles. The Hall–Kier alpha value is -2.29. The van der Waals surface area contributed by atoms with Crippen LogP contribution < -0.4 is 10.5 Å². The summed E-state index contributed by atoms with van der Waals surface area (Å²) in [6.07, 6.45) is 0. The van der Waals surface area contributed by atoms with E-state index in [4.69, 9.17) is 15.9 Å². The van der Waals surface area contributed by atoms with E-state index >= 15 is 0 Å². The lowest BCUT2D eigenvalue weighted by Crippen LogP contribution is -2.10. The fourth-order valence-electron chi connectivity index (χ4n) is 1.76. The van der Waals surface area contributed by atoms with Gasteiger partial charge < -0.3 is 10.5 Å². The number of hydrogen-bond donors (Lipinski definition) is 2. The molecule has 3 nitrogen and oxygen atoms in total. The summed E-state index contributed by atoms with van der Waals surface area (Å²) in [7, 11) is 0. The van der Waals surface area contributed by atoms with Gasteiger partial charge in [0.25, 0.3) is 0 Å². The first-order valence-electron chi connectivity index (χ1n) is 6.28. The van der Waals surface area contributed by atoms with Crippen LogP contribution in [0.15, 0.2) is 48.5 Å². The first kappa shape index (κ1) is 13.1. The average Bonchev–Trinajstić information content (AvgIpc) is 2.40. The van der Waals surface area contributed by atoms with E-state index in [1.807, 2.05) is 24.3 Å². The molecular formula is C16H18N2O. The summed E-state index contributed by atoms with van der Waals surface area (Å²) in [5.74, 6) is 2.12. The van der Waals surface area contributed by atoms with Crippen LogP contribution in [0.1, 0.15) is 30.9 Å². The average molecular weight is 254 g/mol. The molecule has 0 fully saturated rings. The van der Waals surface area contributed by atoms with Gasteiger partial charge in [-0.1, -0.05) is 26.0 Å². The van der Waals surface area contributed by atoms with E-state index in [-0.39, 0.29) is 5.84 Å². The van der Waals surface area contributed by atoms with Crippen molar-refractivity contribution in [2.75, 3.05) is 0 Å². The molecule has 0 atom stereocenters. The lowest BCUT2D eigenvalue weighted by atomic mass is 10.0. The molecule has 3 N–H and O–H groups in total. The van der Waals surface area contributed by atoms with Crippen LogP contribution in [0.4, 0.5) is 0 Å². The Kier molecular flexibility index (Phi) is 3.85. The molecule has 2 aromatic rings. The van der Waals surface area contributed by atoms with E-state index in [0.717, 1.165) is 11.5 Å². The quantitative estimate of drug-likeness (QED) is 0.642. The second-order valence-electron chi connectivity index (χ2n) is 4.76. The standard InChI is InChI=1S/C16H18N2O/c1-11(2)12-3-7-14(8-4-12)19-15-9-5-13(6-10-15)16(17)18/h3-11H,1-2H3,(H3,17,18). The smallest absolute Gasteiger partial charge is 0.127 e. The van der Waals surface area contributed by atoms with Crippen LogP contribution in [0.2, 0.25) is 0 Å². The lowest BCUT2D eigenvalue weighted by molar-refractivity contribution is 0.482. The molecule has 0 aliphatic rings. The molecule has 0 bridgehead atoms. The number of amidine groups is 1. The zero-order chi connectivity index (χ0) is 13.8. The van der Waals surface area contributed by atoms with Crippen LogP contribution in [0, 0.1) is 5.41 Å². The summed E-state index contributed by atoms with van der Waals surface area (Å²) in [4.78, 5) is 0. The van der Waals surface area contributed by atoms with Crippen molar-refractivity contribution in [2.45, 2.75) is 19.8 Å². The number of nitrogens with one attached hydrogen (secondary N) is 1. The number of nitrogens with two attached hydrogens (primary N) is 1. The minimum absolute atomic E-state index is 0.0628. The zero-order valence-electron chi connectivity index (χ0n) is 11.2. The Bertz CT molecular complexity index is 556. The van der Waals surface area contributed by atoms with Gasteiger partial charge in [0.15, 0.2) is 0 Å². The Morgan fingerprint density at radius 1 is 0.947 bits per heavy atom. The SMILES string of the molecule is CC(C)c1ccc(Oc2ccc(C(=N)N)cc2)cc1. The van der Waals surface area contributed by atoms with Gasteiger partial charge in [0, 0.05) is 5.56 Å². The summed E-state index contributed by atoms with van der Waals surface area (Å²) in [5.41, 5.74) is 7.39. The van der Waals surface area contributed by atoms with Crippen LogP contribution in [0.25, 0.3) is 0 Å². The molecule has 0 amide bonds. The maximum atomic E-state index is 7.33. The van der Waals surface area contributed by atoms with Gasteiger partial charge in [-0.25, -0.2) is 0 Å². The number of ether oxygens (including phenoxy) is 1. The summed E-state index contributed by atoms with van der Waals surface area (Å²) in [6, 6.07) is 15.3. The van der Waals surface area contributed by atoms with Crippen molar-refractivity contribution in [3.05, 3.63) is 59.7 Å². The van der Waals surface area contributed by atoms with E-state index in [2.05, 4.69) is 26.0 Å². The zero-order valence-corrected chi connectivity index (χ0v) is 11.2. The van der Waals surface area contributed by atoms with E-state index in [0.29, 0.717) is 11.5 Å².